The van der Waals surface area contributed by atoms with Crippen LogP contribution in [-0.2, 0) is 21.9 Å². The second kappa shape index (κ2) is 13.1. The van der Waals surface area contributed by atoms with E-state index in [-0.39, 0.29) is 23.7 Å². The monoisotopic (exact) mass is 461 g/mol. The van der Waals surface area contributed by atoms with Crippen LogP contribution >= 0.6 is 11.8 Å². The van der Waals surface area contributed by atoms with E-state index >= 15 is 0 Å². The van der Waals surface area contributed by atoms with E-state index in [1.807, 2.05) is 67.6 Å². The zero-order valence-electron chi connectivity index (χ0n) is 18.4. The molecule has 2 N–H and O–H groups in total. The van der Waals surface area contributed by atoms with Crippen LogP contribution in [-0.4, -0.2) is 29.9 Å². The van der Waals surface area contributed by atoms with Crippen molar-refractivity contribution in [2.45, 2.75) is 24.5 Å². The fourth-order valence-corrected chi connectivity index (χ4v) is 3.62. The number of nitrogens with one attached hydrogen (secondary N) is 2. The summed E-state index contributed by atoms with van der Waals surface area (Å²) in [4.78, 5) is 24.1. The topological polar surface area (TPSA) is 79.8 Å². The van der Waals surface area contributed by atoms with E-state index in [1.165, 1.54) is 5.56 Å². The summed E-state index contributed by atoms with van der Waals surface area (Å²) >= 11 is 1.56. The molecule has 3 aromatic rings. The Morgan fingerprint density at radius 2 is 1.58 bits per heavy atom. The third kappa shape index (κ3) is 8.82. The van der Waals surface area contributed by atoms with Gasteiger partial charge in [0.2, 0.25) is 0 Å². The van der Waals surface area contributed by atoms with Gasteiger partial charge in [-0.2, -0.15) is 5.10 Å². The van der Waals surface area contributed by atoms with Gasteiger partial charge in [-0.15, -0.1) is 11.8 Å². The highest BCUT2D eigenvalue weighted by Gasteiger charge is 2.12. The smallest absolute Gasteiger partial charge is 0.258 e. The molecule has 0 aromatic heterocycles. The Morgan fingerprint density at radius 3 is 2.24 bits per heavy atom. The highest BCUT2D eigenvalue weighted by molar-refractivity contribution is 7.99. The van der Waals surface area contributed by atoms with Gasteiger partial charge in [-0.3, -0.25) is 9.59 Å². The number of hydrogen-bond acceptors (Lipinski definition) is 5. The van der Waals surface area contributed by atoms with Gasteiger partial charge in [0.25, 0.3) is 11.8 Å². The Kier molecular flexibility index (Phi) is 9.54. The molecule has 0 fully saturated rings. The van der Waals surface area contributed by atoms with Crippen LogP contribution in [0.5, 0.6) is 5.75 Å². The molecule has 0 bridgehead atoms. The quantitative estimate of drug-likeness (QED) is 0.332. The lowest BCUT2D eigenvalue weighted by Gasteiger charge is -2.09. The van der Waals surface area contributed by atoms with Crippen molar-refractivity contribution in [1.82, 2.24) is 10.7 Å². The van der Waals surface area contributed by atoms with Gasteiger partial charge in [0.05, 0.1) is 11.5 Å². The maximum Gasteiger partial charge on any atom is 0.258 e. The summed E-state index contributed by atoms with van der Waals surface area (Å²) in [5.74, 6) is 1.02. The molecule has 0 aliphatic carbocycles. The SMILES string of the molecule is C[C@H](SCc1ccccc1)C(=O)N/N=C\c1ccc(OCC(=O)NCc2ccccc2)cc1. The molecule has 3 aromatic carbocycles. The summed E-state index contributed by atoms with van der Waals surface area (Å²) in [6, 6.07) is 26.9. The third-order valence-corrected chi connectivity index (χ3v) is 5.90. The van der Waals surface area contributed by atoms with E-state index in [0.717, 1.165) is 16.9 Å². The molecule has 3 rings (SSSR count). The number of nitrogens with zero attached hydrogens (tertiary/aromatic N) is 1. The van der Waals surface area contributed by atoms with Crippen molar-refractivity contribution in [3.63, 3.8) is 0 Å². The highest BCUT2D eigenvalue weighted by Crippen LogP contribution is 2.17. The van der Waals surface area contributed by atoms with Crippen molar-refractivity contribution < 1.29 is 14.3 Å². The maximum absolute atomic E-state index is 12.2. The molecule has 2 amide bonds. The summed E-state index contributed by atoms with van der Waals surface area (Å²) in [6.45, 7) is 2.27. The van der Waals surface area contributed by atoms with E-state index in [2.05, 4.69) is 15.8 Å². The van der Waals surface area contributed by atoms with Crippen molar-refractivity contribution in [3.8, 4) is 5.75 Å². The molecule has 0 radical (unpaired) electrons. The second-order valence-electron chi connectivity index (χ2n) is 7.29. The van der Waals surface area contributed by atoms with E-state index in [0.29, 0.717) is 12.3 Å². The fourth-order valence-electron chi connectivity index (χ4n) is 2.78. The van der Waals surface area contributed by atoms with Crippen LogP contribution in [0, 0.1) is 0 Å². The summed E-state index contributed by atoms with van der Waals surface area (Å²) in [6.07, 6.45) is 1.57. The van der Waals surface area contributed by atoms with E-state index in [9.17, 15) is 9.59 Å². The number of benzene rings is 3. The van der Waals surface area contributed by atoms with E-state index in [1.54, 1.807) is 42.2 Å². The molecule has 6 nitrogen and oxygen atoms in total. The van der Waals surface area contributed by atoms with Crippen LogP contribution < -0.4 is 15.5 Å². The number of thioether (sulfide) groups is 1. The molecule has 7 heteroatoms. The average molecular weight is 462 g/mol. The summed E-state index contributed by atoms with van der Waals surface area (Å²) < 4.78 is 5.52. The van der Waals surface area contributed by atoms with Crippen LogP contribution in [0.25, 0.3) is 0 Å². The second-order valence-corrected chi connectivity index (χ2v) is 8.62. The van der Waals surface area contributed by atoms with Gasteiger partial charge in [-0.25, -0.2) is 5.43 Å². The first-order valence-electron chi connectivity index (χ1n) is 10.6. The number of carbonyl (C=O) groups is 2. The number of amides is 2. The number of hydrazone groups is 1. The van der Waals surface area contributed by atoms with Crippen LogP contribution in [0.3, 0.4) is 0 Å². The molecule has 0 saturated heterocycles. The molecule has 170 valence electrons. The van der Waals surface area contributed by atoms with Gasteiger partial charge >= 0.3 is 0 Å². The van der Waals surface area contributed by atoms with Gasteiger partial charge in [-0.1, -0.05) is 60.7 Å². The highest BCUT2D eigenvalue weighted by atomic mass is 32.2. The first-order valence-corrected chi connectivity index (χ1v) is 11.7. The molecule has 1 atom stereocenters. The number of carbonyl (C=O) groups excluding carboxylic acids is 2. The fraction of sp³-hybridized carbons (Fsp3) is 0.192. The first kappa shape index (κ1) is 24.1. The average Bonchev–Trinajstić information content (AvgIpc) is 2.86. The Morgan fingerprint density at radius 1 is 0.939 bits per heavy atom. The number of rotatable bonds is 11. The number of hydrogen-bond donors (Lipinski definition) is 2. The van der Waals surface area contributed by atoms with Gasteiger partial charge in [0.15, 0.2) is 6.61 Å². The molecular formula is C26H27N3O3S. The lowest BCUT2D eigenvalue weighted by Crippen LogP contribution is -2.28. The zero-order chi connectivity index (χ0) is 23.3. The molecular weight excluding hydrogens is 434 g/mol. The zero-order valence-corrected chi connectivity index (χ0v) is 19.3. The summed E-state index contributed by atoms with van der Waals surface area (Å²) in [5, 5.41) is 6.63. The van der Waals surface area contributed by atoms with Crippen molar-refractivity contribution in [2.75, 3.05) is 6.61 Å². The van der Waals surface area contributed by atoms with Crippen LogP contribution in [0.2, 0.25) is 0 Å². The Bertz CT molecular complexity index is 1040. The minimum Gasteiger partial charge on any atom is -0.484 e. The largest absolute Gasteiger partial charge is 0.484 e. The van der Waals surface area contributed by atoms with Crippen LogP contribution in [0.4, 0.5) is 0 Å². The summed E-state index contributed by atoms with van der Waals surface area (Å²) in [7, 11) is 0. The minimum absolute atomic E-state index is 0.0607. The molecule has 0 saturated carbocycles. The summed E-state index contributed by atoms with van der Waals surface area (Å²) in [5.41, 5.74) is 5.60. The Hall–Kier alpha value is -3.58. The molecule has 0 aliphatic rings. The van der Waals surface area contributed by atoms with Gasteiger partial charge in [0, 0.05) is 12.3 Å². The van der Waals surface area contributed by atoms with Crippen molar-refractivity contribution in [3.05, 3.63) is 102 Å². The predicted octanol–water partition coefficient (Wildman–Crippen LogP) is 4.15. The standard InChI is InChI=1S/C26H27N3O3S/c1-20(33-19-23-10-6-3-7-11-23)26(31)29-28-17-22-12-14-24(15-13-22)32-18-25(30)27-16-21-8-4-2-5-9-21/h2-15,17,20H,16,18-19H2,1H3,(H,27,30)(H,29,31)/b28-17-/t20-/m0/s1. The van der Waals surface area contributed by atoms with Crippen molar-refractivity contribution in [1.29, 1.82) is 0 Å². The molecule has 0 heterocycles. The first-order chi connectivity index (χ1) is 16.1. The molecule has 0 spiro atoms. The van der Waals surface area contributed by atoms with Gasteiger partial charge < -0.3 is 10.1 Å². The molecule has 0 aliphatic heterocycles. The van der Waals surface area contributed by atoms with Crippen LogP contribution in [0.15, 0.2) is 90.0 Å². The predicted molar refractivity (Wildman–Crippen MR) is 133 cm³/mol. The number of ether oxygens (including phenoxy) is 1. The normalized spacial score (nSPS) is 11.7. The van der Waals surface area contributed by atoms with Crippen LogP contribution in [0.1, 0.15) is 23.6 Å². The lowest BCUT2D eigenvalue weighted by molar-refractivity contribution is -0.123. The van der Waals surface area contributed by atoms with Gasteiger partial charge in [0.1, 0.15) is 5.75 Å². The van der Waals surface area contributed by atoms with Crippen molar-refractivity contribution >= 4 is 29.8 Å². The molecule has 0 unspecified atom stereocenters. The lowest BCUT2D eigenvalue weighted by atomic mass is 10.2. The van der Waals surface area contributed by atoms with Crippen molar-refractivity contribution in [2.24, 2.45) is 5.10 Å². The van der Waals surface area contributed by atoms with Gasteiger partial charge in [-0.05, 0) is 47.9 Å². The van der Waals surface area contributed by atoms with E-state index < -0.39 is 0 Å². The molecule has 33 heavy (non-hydrogen) atoms. The maximum atomic E-state index is 12.2. The van der Waals surface area contributed by atoms with E-state index in [4.69, 9.17) is 4.74 Å². The Balaban J connectivity index is 1.36. The Labute approximate surface area is 198 Å². The minimum atomic E-state index is -0.217. The third-order valence-electron chi connectivity index (χ3n) is 4.68.